The number of hydrogen-bond acceptors (Lipinski definition) is 3. The molecule has 0 saturated carbocycles. The van der Waals surface area contributed by atoms with Crippen LogP contribution in [-0.4, -0.2) is 39.5 Å². The summed E-state index contributed by atoms with van der Waals surface area (Å²) in [6.45, 7) is 6.64. The Morgan fingerprint density at radius 3 is 3.00 bits per heavy atom. The first kappa shape index (κ1) is 14.8. The van der Waals surface area contributed by atoms with E-state index in [9.17, 15) is 4.79 Å². The molecule has 1 N–H and O–H groups in total. The van der Waals surface area contributed by atoms with Crippen molar-refractivity contribution < 1.29 is 4.79 Å². The summed E-state index contributed by atoms with van der Waals surface area (Å²) >= 11 is 0. The Kier molecular flexibility index (Phi) is 4.24. The summed E-state index contributed by atoms with van der Waals surface area (Å²) in [5.74, 6) is 0.130. The number of imidazole rings is 1. The SMILES string of the molecule is Cc1cc(-n2ccnc2)ccc1CN1CCCNC(=O)C1C. The standard InChI is InChI=1S/C17H22N4O/c1-13-10-16(21-9-7-18-12-21)5-4-15(13)11-20-8-3-6-19-17(22)14(20)2/h4-5,7,9-10,12,14H,3,6,8,11H2,1-2H3,(H,19,22). The lowest BCUT2D eigenvalue weighted by Crippen LogP contribution is -2.41. The number of aryl methyl sites for hydroxylation is 1. The summed E-state index contributed by atoms with van der Waals surface area (Å²) in [5.41, 5.74) is 3.62. The van der Waals surface area contributed by atoms with Gasteiger partial charge in [-0.05, 0) is 43.5 Å². The van der Waals surface area contributed by atoms with Gasteiger partial charge in [0.05, 0.1) is 12.4 Å². The number of carbonyl (C=O) groups excluding carboxylic acids is 1. The minimum Gasteiger partial charge on any atom is -0.355 e. The lowest BCUT2D eigenvalue weighted by atomic mass is 10.1. The molecule has 3 rings (SSSR count). The predicted molar refractivity (Wildman–Crippen MR) is 85.8 cm³/mol. The van der Waals surface area contributed by atoms with Crippen LogP contribution in [0.15, 0.2) is 36.9 Å². The molecule has 2 aromatic rings. The molecule has 0 bridgehead atoms. The number of benzene rings is 1. The van der Waals surface area contributed by atoms with E-state index in [1.54, 1.807) is 12.5 Å². The van der Waals surface area contributed by atoms with Crippen molar-refractivity contribution in [2.45, 2.75) is 32.9 Å². The molecular formula is C17H22N4O. The molecule has 0 aliphatic carbocycles. The second-order valence-corrected chi connectivity index (χ2v) is 5.87. The van der Waals surface area contributed by atoms with Crippen molar-refractivity contribution in [1.82, 2.24) is 19.8 Å². The Bertz CT molecular complexity index is 651. The quantitative estimate of drug-likeness (QED) is 0.941. The summed E-state index contributed by atoms with van der Waals surface area (Å²) in [6, 6.07) is 6.35. The molecule has 0 spiro atoms. The minimum atomic E-state index is -0.0739. The maximum absolute atomic E-state index is 11.9. The van der Waals surface area contributed by atoms with E-state index in [0.29, 0.717) is 0 Å². The molecule has 0 radical (unpaired) electrons. The fraction of sp³-hybridized carbons (Fsp3) is 0.412. The van der Waals surface area contributed by atoms with Gasteiger partial charge in [-0.25, -0.2) is 4.98 Å². The average Bonchev–Trinajstić information content (AvgIpc) is 3.00. The largest absolute Gasteiger partial charge is 0.355 e. The predicted octanol–water partition coefficient (Wildman–Crippen LogP) is 1.89. The number of carbonyl (C=O) groups is 1. The van der Waals surface area contributed by atoms with Gasteiger partial charge in [0.25, 0.3) is 0 Å². The van der Waals surface area contributed by atoms with Crippen molar-refractivity contribution >= 4 is 5.91 Å². The van der Waals surface area contributed by atoms with Crippen molar-refractivity contribution in [3.8, 4) is 5.69 Å². The van der Waals surface area contributed by atoms with Gasteiger partial charge in [0.2, 0.25) is 5.91 Å². The van der Waals surface area contributed by atoms with E-state index in [2.05, 4.69) is 40.3 Å². The maximum Gasteiger partial charge on any atom is 0.237 e. The molecule has 116 valence electrons. The highest BCUT2D eigenvalue weighted by atomic mass is 16.2. The average molecular weight is 298 g/mol. The van der Waals surface area contributed by atoms with Gasteiger partial charge in [0.1, 0.15) is 0 Å². The van der Waals surface area contributed by atoms with Crippen LogP contribution in [0.25, 0.3) is 5.69 Å². The van der Waals surface area contributed by atoms with Gasteiger partial charge in [0.15, 0.2) is 0 Å². The number of hydrogen-bond donors (Lipinski definition) is 1. The van der Waals surface area contributed by atoms with E-state index < -0.39 is 0 Å². The molecule has 1 aliphatic rings. The number of nitrogens with zero attached hydrogens (tertiary/aromatic N) is 3. The topological polar surface area (TPSA) is 50.2 Å². The fourth-order valence-corrected chi connectivity index (χ4v) is 2.87. The molecule has 2 heterocycles. The number of amides is 1. The molecule has 5 heteroatoms. The zero-order valence-corrected chi connectivity index (χ0v) is 13.1. The Morgan fingerprint density at radius 2 is 2.27 bits per heavy atom. The molecule has 1 aromatic heterocycles. The molecule has 1 aliphatic heterocycles. The third-order valence-electron chi connectivity index (χ3n) is 4.35. The smallest absolute Gasteiger partial charge is 0.237 e. The van der Waals surface area contributed by atoms with E-state index in [1.165, 1.54) is 11.1 Å². The van der Waals surface area contributed by atoms with Crippen LogP contribution in [-0.2, 0) is 11.3 Å². The highest BCUT2D eigenvalue weighted by Gasteiger charge is 2.23. The second-order valence-electron chi connectivity index (χ2n) is 5.87. The third-order valence-corrected chi connectivity index (χ3v) is 4.35. The molecule has 1 unspecified atom stereocenters. The molecule has 1 amide bonds. The first-order chi connectivity index (χ1) is 10.6. The van der Waals surface area contributed by atoms with Crippen molar-refractivity contribution in [2.75, 3.05) is 13.1 Å². The van der Waals surface area contributed by atoms with Crippen molar-refractivity contribution in [3.05, 3.63) is 48.0 Å². The summed E-state index contributed by atoms with van der Waals surface area (Å²) in [4.78, 5) is 18.3. The van der Waals surface area contributed by atoms with Crippen LogP contribution < -0.4 is 5.32 Å². The summed E-state index contributed by atoms with van der Waals surface area (Å²) in [6.07, 6.45) is 6.52. The highest BCUT2D eigenvalue weighted by molar-refractivity contribution is 5.81. The number of aromatic nitrogens is 2. The Balaban J connectivity index is 1.79. The molecular weight excluding hydrogens is 276 g/mol. The van der Waals surface area contributed by atoms with Crippen LogP contribution in [0.2, 0.25) is 0 Å². The van der Waals surface area contributed by atoms with Crippen molar-refractivity contribution in [2.24, 2.45) is 0 Å². The van der Waals surface area contributed by atoms with Gasteiger partial charge in [0, 0.05) is 37.7 Å². The van der Waals surface area contributed by atoms with E-state index in [0.717, 1.165) is 31.7 Å². The molecule has 1 saturated heterocycles. The molecule has 1 atom stereocenters. The van der Waals surface area contributed by atoms with Gasteiger partial charge in [-0.3, -0.25) is 9.69 Å². The lowest BCUT2D eigenvalue weighted by Gasteiger charge is -2.26. The molecule has 5 nitrogen and oxygen atoms in total. The molecule has 1 fully saturated rings. The second kappa shape index (κ2) is 6.32. The van der Waals surface area contributed by atoms with Gasteiger partial charge < -0.3 is 9.88 Å². The Morgan fingerprint density at radius 1 is 1.41 bits per heavy atom. The van der Waals surface area contributed by atoms with Crippen LogP contribution in [0.5, 0.6) is 0 Å². The Labute approximate surface area is 131 Å². The van der Waals surface area contributed by atoms with Gasteiger partial charge in [-0.15, -0.1) is 0 Å². The molecule has 1 aromatic carbocycles. The van der Waals surface area contributed by atoms with E-state index >= 15 is 0 Å². The summed E-state index contributed by atoms with van der Waals surface area (Å²) in [5, 5.41) is 2.96. The van der Waals surface area contributed by atoms with E-state index in [1.807, 2.05) is 17.7 Å². The van der Waals surface area contributed by atoms with Crippen LogP contribution in [0.3, 0.4) is 0 Å². The third kappa shape index (κ3) is 3.04. The maximum atomic E-state index is 11.9. The lowest BCUT2D eigenvalue weighted by molar-refractivity contribution is -0.125. The summed E-state index contributed by atoms with van der Waals surface area (Å²) in [7, 11) is 0. The molecule has 22 heavy (non-hydrogen) atoms. The van der Waals surface area contributed by atoms with Gasteiger partial charge >= 0.3 is 0 Å². The van der Waals surface area contributed by atoms with Crippen LogP contribution in [0.4, 0.5) is 0 Å². The highest BCUT2D eigenvalue weighted by Crippen LogP contribution is 2.18. The van der Waals surface area contributed by atoms with Gasteiger partial charge in [-0.1, -0.05) is 6.07 Å². The number of rotatable bonds is 3. The zero-order valence-electron chi connectivity index (χ0n) is 13.1. The van der Waals surface area contributed by atoms with Crippen LogP contribution in [0, 0.1) is 6.92 Å². The van der Waals surface area contributed by atoms with Crippen LogP contribution >= 0.6 is 0 Å². The fourth-order valence-electron chi connectivity index (χ4n) is 2.87. The van der Waals surface area contributed by atoms with Crippen molar-refractivity contribution in [3.63, 3.8) is 0 Å². The first-order valence-electron chi connectivity index (χ1n) is 7.75. The first-order valence-corrected chi connectivity index (χ1v) is 7.75. The minimum absolute atomic E-state index is 0.0739. The monoisotopic (exact) mass is 298 g/mol. The van der Waals surface area contributed by atoms with E-state index in [4.69, 9.17) is 0 Å². The Hall–Kier alpha value is -2.14. The van der Waals surface area contributed by atoms with Crippen molar-refractivity contribution in [1.29, 1.82) is 0 Å². The van der Waals surface area contributed by atoms with Crippen LogP contribution in [0.1, 0.15) is 24.5 Å². The summed E-state index contributed by atoms with van der Waals surface area (Å²) < 4.78 is 2.00. The zero-order chi connectivity index (χ0) is 15.5. The van der Waals surface area contributed by atoms with E-state index in [-0.39, 0.29) is 11.9 Å². The normalized spacial score (nSPS) is 19.7. The van der Waals surface area contributed by atoms with Gasteiger partial charge in [-0.2, -0.15) is 0 Å². The number of nitrogens with one attached hydrogen (secondary N) is 1.